The summed E-state index contributed by atoms with van der Waals surface area (Å²) < 4.78 is 5.93. The van der Waals surface area contributed by atoms with Crippen molar-refractivity contribution in [2.45, 2.75) is 38.7 Å². The molecule has 0 aromatic heterocycles. The molecule has 0 spiro atoms. The zero-order valence-electron chi connectivity index (χ0n) is 14.3. The van der Waals surface area contributed by atoms with E-state index in [9.17, 15) is 0 Å². The third-order valence-electron chi connectivity index (χ3n) is 4.17. The topological polar surface area (TPSA) is 45.7 Å². The summed E-state index contributed by atoms with van der Waals surface area (Å²) in [4.78, 5) is 4.30. The number of rotatable bonds is 7. The van der Waals surface area contributed by atoms with Crippen LogP contribution in [0.5, 0.6) is 0 Å². The van der Waals surface area contributed by atoms with Crippen LogP contribution < -0.4 is 10.6 Å². The van der Waals surface area contributed by atoms with E-state index in [0.717, 1.165) is 32.1 Å². The van der Waals surface area contributed by atoms with Gasteiger partial charge in [-0.05, 0) is 18.4 Å². The summed E-state index contributed by atoms with van der Waals surface area (Å²) in [6.07, 6.45) is 4.99. The first kappa shape index (κ1) is 20.2. The number of ether oxygens (including phenoxy) is 1. The van der Waals surface area contributed by atoms with Gasteiger partial charge in [-0.15, -0.1) is 24.0 Å². The minimum absolute atomic E-state index is 0. The van der Waals surface area contributed by atoms with E-state index < -0.39 is 0 Å². The average Bonchev–Trinajstić information content (AvgIpc) is 3.03. The second-order valence-electron chi connectivity index (χ2n) is 5.84. The van der Waals surface area contributed by atoms with E-state index in [1.54, 1.807) is 0 Å². The zero-order chi connectivity index (χ0) is 15.6. The zero-order valence-corrected chi connectivity index (χ0v) is 16.6. The maximum Gasteiger partial charge on any atom is 0.190 e. The Kier molecular flexibility index (Phi) is 10.3. The van der Waals surface area contributed by atoms with E-state index >= 15 is 0 Å². The lowest BCUT2D eigenvalue weighted by Gasteiger charge is -2.20. The van der Waals surface area contributed by atoms with E-state index in [0.29, 0.717) is 5.92 Å². The molecule has 4 nitrogen and oxygen atoms in total. The van der Waals surface area contributed by atoms with Gasteiger partial charge in [0.25, 0.3) is 0 Å². The van der Waals surface area contributed by atoms with Crippen molar-refractivity contribution < 1.29 is 4.74 Å². The van der Waals surface area contributed by atoms with Crippen LogP contribution in [0.3, 0.4) is 0 Å². The molecule has 2 rings (SSSR count). The van der Waals surface area contributed by atoms with Crippen LogP contribution in [0.15, 0.2) is 35.3 Å². The molecule has 0 aliphatic carbocycles. The maximum absolute atomic E-state index is 5.93. The molecule has 2 atom stereocenters. The summed E-state index contributed by atoms with van der Waals surface area (Å²) in [6.45, 7) is 4.94. The number of halogens is 1. The molecule has 23 heavy (non-hydrogen) atoms. The number of hydrogen-bond acceptors (Lipinski definition) is 2. The van der Waals surface area contributed by atoms with Crippen molar-refractivity contribution in [1.29, 1.82) is 0 Å². The van der Waals surface area contributed by atoms with Gasteiger partial charge in [0, 0.05) is 32.7 Å². The molecule has 0 amide bonds. The molecule has 5 heteroatoms. The highest BCUT2D eigenvalue weighted by atomic mass is 127. The fourth-order valence-corrected chi connectivity index (χ4v) is 2.88. The highest BCUT2D eigenvalue weighted by Gasteiger charge is 2.29. The predicted octanol–water partition coefficient (Wildman–Crippen LogP) is 3.74. The van der Waals surface area contributed by atoms with Gasteiger partial charge < -0.3 is 15.4 Å². The molecule has 0 bridgehead atoms. The molecule has 0 saturated carbocycles. The lowest BCUT2D eigenvalue weighted by molar-refractivity contribution is 0.0915. The highest BCUT2D eigenvalue weighted by Crippen LogP contribution is 2.33. The number of guanidine groups is 1. The number of hydrogen-bond donors (Lipinski definition) is 2. The third kappa shape index (κ3) is 6.67. The van der Waals surface area contributed by atoms with Crippen molar-refractivity contribution in [3.05, 3.63) is 35.9 Å². The SMILES string of the molecule is CCCCCNC(=NC)NCC1CCOC1c1ccccc1.I. The van der Waals surface area contributed by atoms with Crippen molar-refractivity contribution in [3.8, 4) is 0 Å². The Morgan fingerprint density at radius 2 is 2.00 bits per heavy atom. The fourth-order valence-electron chi connectivity index (χ4n) is 2.88. The van der Waals surface area contributed by atoms with E-state index in [4.69, 9.17) is 4.74 Å². The van der Waals surface area contributed by atoms with Gasteiger partial charge in [-0.2, -0.15) is 0 Å². The molecule has 1 aliphatic heterocycles. The van der Waals surface area contributed by atoms with Crippen molar-refractivity contribution in [2.24, 2.45) is 10.9 Å². The molecule has 2 unspecified atom stereocenters. The van der Waals surface area contributed by atoms with E-state index in [2.05, 4.69) is 46.8 Å². The lowest BCUT2D eigenvalue weighted by atomic mass is 9.95. The molecule has 130 valence electrons. The van der Waals surface area contributed by atoms with Crippen LogP contribution in [0, 0.1) is 5.92 Å². The van der Waals surface area contributed by atoms with Crippen LogP contribution in [0.25, 0.3) is 0 Å². The van der Waals surface area contributed by atoms with Crippen molar-refractivity contribution in [2.75, 3.05) is 26.7 Å². The first-order valence-electron chi connectivity index (χ1n) is 8.46. The van der Waals surface area contributed by atoms with Gasteiger partial charge in [-0.1, -0.05) is 50.1 Å². The Balaban J connectivity index is 0.00000264. The summed E-state index contributed by atoms with van der Waals surface area (Å²) in [5, 5.41) is 6.83. The van der Waals surface area contributed by atoms with Gasteiger partial charge in [0.1, 0.15) is 0 Å². The number of aliphatic imine (C=N–C) groups is 1. The van der Waals surface area contributed by atoms with Crippen LogP contribution >= 0.6 is 24.0 Å². The number of nitrogens with one attached hydrogen (secondary N) is 2. The van der Waals surface area contributed by atoms with E-state index in [1.807, 2.05) is 13.1 Å². The largest absolute Gasteiger partial charge is 0.373 e. The average molecular weight is 431 g/mol. The van der Waals surface area contributed by atoms with Gasteiger partial charge in [-0.3, -0.25) is 4.99 Å². The fraction of sp³-hybridized carbons (Fsp3) is 0.611. The Morgan fingerprint density at radius 3 is 2.70 bits per heavy atom. The molecular formula is C18H30IN3O. The molecule has 1 fully saturated rings. The smallest absolute Gasteiger partial charge is 0.190 e. The number of benzene rings is 1. The highest BCUT2D eigenvalue weighted by molar-refractivity contribution is 14.0. The van der Waals surface area contributed by atoms with Gasteiger partial charge in [-0.25, -0.2) is 0 Å². The van der Waals surface area contributed by atoms with Crippen LogP contribution in [-0.4, -0.2) is 32.7 Å². The summed E-state index contributed by atoms with van der Waals surface area (Å²) in [5.41, 5.74) is 1.28. The molecule has 1 heterocycles. The normalized spacial score (nSPS) is 20.9. The molecule has 1 aromatic rings. The van der Waals surface area contributed by atoms with Crippen LogP contribution in [-0.2, 0) is 4.74 Å². The summed E-state index contributed by atoms with van der Waals surface area (Å²) >= 11 is 0. The number of unbranched alkanes of at least 4 members (excludes halogenated alkanes) is 2. The maximum atomic E-state index is 5.93. The summed E-state index contributed by atoms with van der Waals surface area (Å²) in [6, 6.07) is 10.5. The van der Waals surface area contributed by atoms with Gasteiger partial charge in [0.2, 0.25) is 0 Å². The molecule has 1 aromatic carbocycles. The van der Waals surface area contributed by atoms with Crippen LogP contribution in [0.2, 0.25) is 0 Å². The molecule has 1 saturated heterocycles. The monoisotopic (exact) mass is 431 g/mol. The third-order valence-corrected chi connectivity index (χ3v) is 4.17. The molecule has 2 N–H and O–H groups in total. The Morgan fingerprint density at radius 1 is 1.22 bits per heavy atom. The first-order valence-corrected chi connectivity index (χ1v) is 8.46. The lowest BCUT2D eigenvalue weighted by Crippen LogP contribution is -2.40. The predicted molar refractivity (Wildman–Crippen MR) is 108 cm³/mol. The Bertz CT molecular complexity index is 453. The van der Waals surface area contributed by atoms with Crippen LogP contribution in [0.4, 0.5) is 0 Å². The van der Waals surface area contributed by atoms with E-state index in [1.165, 1.54) is 24.8 Å². The van der Waals surface area contributed by atoms with Gasteiger partial charge in [0.15, 0.2) is 5.96 Å². The first-order chi connectivity index (χ1) is 10.8. The Labute approximate surface area is 157 Å². The van der Waals surface area contributed by atoms with Gasteiger partial charge >= 0.3 is 0 Å². The van der Waals surface area contributed by atoms with Crippen LogP contribution in [0.1, 0.15) is 44.3 Å². The molecular weight excluding hydrogens is 401 g/mol. The summed E-state index contributed by atoms with van der Waals surface area (Å²) in [5.74, 6) is 1.39. The number of nitrogens with zero attached hydrogens (tertiary/aromatic N) is 1. The second-order valence-corrected chi connectivity index (χ2v) is 5.84. The van der Waals surface area contributed by atoms with Crippen molar-refractivity contribution in [1.82, 2.24) is 10.6 Å². The van der Waals surface area contributed by atoms with E-state index in [-0.39, 0.29) is 30.1 Å². The van der Waals surface area contributed by atoms with Crippen molar-refractivity contribution in [3.63, 3.8) is 0 Å². The molecule has 1 aliphatic rings. The minimum atomic E-state index is 0. The standard InChI is InChI=1S/C18H29N3O.HI/c1-3-4-8-12-20-18(19-2)21-14-16-11-13-22-17(16)15-9-6-5-7-10-15;/h5-7,9-10,16-17H,3-4,8,11-14H2,1-2H3,(H2,19,20,21);1H. The van der Waals surface area contributed by atoms with Gasteiger partial charge in [0.05, 0.1) is 6.10 Å². The summed E-state index contributed by atoms with van der Waals surface area (Å²) in [7, 11) is 1.83. The van der Waals surface area contributed by atoms with Crippen molar-refractivity contribution >= 4 is 29.9 Å². The quantitative estimate of drug-likeness (QED) is 0.299. The Hall–Kier alpha value is -0.820. The molecule has 0 radical (unpaired) electrons. The second kappa shape index (κ2) is 11.7. The minimum Gasteiger partial charge on any atom is -0.373 e.